The number of amides is 2. The fourth-order valence-electron chi connectivity index (χ4n) is 2.30. The van der Waals surface area contributed by atoms with E-state index in [9.17, 15) is 9.59 Å². The number of hydrogen-bond acceptors (Lipinski definition) is 4. The summed E-state index contributed by atoms with van der Waals surface area (Å²) in [6.45, 7) is 5.59. The van der Waals surface area contributed by atoms with Gasteiger partial charge in [-0.25, -0.2) is 0 Å². The topological polar surface area (TPSA) is 76.7 Å². The molecule has 144 valence electrons. The molecule has 0 saturated carbocycles. The van der Waals surface area contributed by atoms with E-state index in [1.54, 1.807) is 49.6 Å². The molecular formula is C21H26N2O4. The molecule has 27 heavy (non-hydrogen) atoms. The Morgan fingerprint density at radius 3 is 2.41 bits per heavy atom. The maximum atomic E-state index is 12.5. The molecule has 0 aliphatic carbocycles. The quantitative estimate of drug-likeness (QED) is 0.664. The summed E-state index contributed by atoms with van der Waals surface area (Å²) >= 11 is 0. The second-order valence-corrected chi connectivity index (χ2v) is 6.52. The van der Waals surface area contributed by atoms with Crippen molar-refractivity contribution >= 4 is 17.5 Å². The summed E-state index contributed by atoms with van der Waals surface area (Å²) in [6, 6.07) is 13.8. The van der Waals surface area contributed by atoms with E-state index in [0.29, 0.717) is 48.2 Å². The second-order valence-electron chi connectivity index (χ2n) is 6.52. The molecule has 0 unspecified atom stereocenters. The normalized spacial score (nSPS) is 10.5. The van der Waals surface area contributed by atoms with Gasteiger partial charge in [0.25, 0.3) is 11.8 Å². The largest absolute Gasteiger partial charge is 0.493 e. The van der Waals surface area contributed by atoms with Crippen LogP contribution < -0.4 is 15.4 Å². The second kappa shape index (κ2) is 10.3. The number of benzene rings is 2. The van der Waals surface area contributed by atoms with Gasteiger partial charge in [-0.15, -0.1) is 0 Å². The van der Waals surface area contributed by atoms with Gasteiger partial charge in [-0.2, -0.15) is 0 Å². The van der Waals surface area contributed by atoms with Gasteiger partial charge in [-0.1, -0.05) is 26.0 Å². The summed E-state index contributed by atoms with van der Waals surface area (Å²) in [5.41, 5.74) is 1.51. The molecule has 6 heteroatoms. The molecule has 0 aromatic heterocycles. The summed E-state index contributed by atoms with van der Waals surface area (Å²) in [7, 11) is 1.57. The highest BCUT2D eigenvalue weighted by molar-refractivity contribution is 6.05. The lowest BCUT2D eigenvalue weighted by Gasteiger charge is -2.11. The maximum Gasteiger partial charge on any atom is 0.255 e. The van der Waals surface area contributed by atoms with Crippen LogP contribution in [0.1, 0.15) is 34.6 Å². The van der Waals surface area contributed by atoms with Crippen LogP contribution in [-0.4, -0.2) is 38.7 Å². The first-order chi connectivity index (χ1) is 13.0. The molecule has 0 heterocycles. The predicted molar refractivity (Wildman–Crippen MR) is 105 cm³/mol. The van der Waals surface area contributed by atoms with Crippen LogP contribution >= 0.6 is 0 Å². The van der Waals surface area contributed by atoms with Gasteiger partial charge in [-0.3, -0.25) is 9.59 Å². The van der Waals surface area contributed by atoms with E-state index < -0.39 is 0 Å². The van der Waals surface area contributed by atoms with E-state index >= 15 is 0 Å². The van der Waals surface area contributed by atoms with Gasteiger partial charge in [0.1, 0.15) is 5.75 Å². The maximum absolute atomic E-state index is 12.5. The zero-order valence-corrected chi connectivity index (χ0v) is 16.0. The van der Waals surface area contributed by atoms with Crippen LogP contribution in [0.2, 0.25) is 0 Å². The first kappa shape index (κ1) is 20.5. The van der Waals surface area contributed by atoms with Gasteiger partial charge in [0.05, 0.1) is 13.2 Å². The van der Waals surface area contributed by atoms with Crippen molar-refractivity contribution in [3.63, 3.8) is 0 Å². The Bertz CT molecular complexity index is 774. The molecule has 0 aliphatic heterocycles. The molecule has 0 radical (unpaired) electrons. The Kier molecular flexibility index (Phi) is 7.82. The van der Waals surface area contributed by atoms with Crippen molar-refractivity contribution in [3.05, 3.63) is 59.7 Å². The molecule has 0 atom stereocenters. The van der Waals surface area contributed by atoms with Gasteiger partial charge in [0.2, 0.25) is 0 Å². The first-order valence-corrected chi connectivity index (χ1v) is 8.91. The fraction of sp³-hybridized carbons (Fsp3) is 0.333. The van der Waals surface area contributed by atoms with Crippen molar-refractivity contribution < 1.29 is 19.1 Å². The van der Waals surface area contributed by atoms with E-state index in [-0.39, 0.29) is 11.8 Å². The number of carbonyl (C=O) groups is 2. The minimum Gasteiger partial charge on any atom is -0.493 e. The average Bonchev–Trinajstić information content (AvgIpc) is 2.67. The summed E-state index contributed by atoms with van der Waals surface area (Å²) < 4.78 is 10.6. The number of anilines is 1. The van der Waals surface area contributed by atoms with Crippen LogP contribution in [0.25, 0.3) is 0 Å². The van der Waals surface area contributed by atoms with Gasteiger partial charge in [0, 0.05) is 30.5 Å². The monoisotopic (exact) mass is 370 g/mol. The summed E-state index contributed by atoms with van der Waals surface area (Å²) in [4.78, 5) is 24.6. The predicted octanol–water partition coefficient (Wildman–Crippen LogP) is 3.35. The van der Waals surface area contributed by atoms with E-state index in [2.05, 4.69) is 24.5 Å². The van der Waals surface area contributed by atoms with Crippen LogP contribution in [0.4, 0.5) is 5.69 Å². The van der Waals surface area contributed by atoms with Gasteiger partial charge in [-0.05, 0) is 42.3 Å². The smallest absolute Gasteiger partial charge is 0.255 e. The highest BCUT2D eigenvalue weighted by atomic mass is 16.5. The number of carbonyl (C=O) groups excluding carboxylic acids is 2. The first-order valence-electron chi connectivity index (χ1n) is 8.91. The van der Waals surface area contributed by atoms with Crippen molar-refractivity contribution in [3.8, 4) is 5.75 Å². The molecule has 2 N–H and O–H groups in total. The molecule has 0 saturated heterocycles. The van der Waals surface area contributed by atoms with Crippen molar-refractivity contribution in [2.75, 3.05) is 32.2 Å². The Morgan fingerprint density at radius 2 is 1.70 bits per heavy atom. The van der Waals surface area contributed by atoms with Gasteiger partial charge < -0.3 is 20.1 Å². The van der Waals surface area contributed by atoms with Crippen LogP contribution in [0.3, 0.4) is 0 Å². The number of ether oxygens (including phenoxy) is 2. The SMILES string of the molecule is COCCNC(=O)c1cccc(NC(=O)c2cccc(OCC(C)C)c2)c1. The highest BCUT2D eigenvalue weighted by Gasteiger charge is 2.10. The molecule has 0 fully saturated rings. The van der Waals surface area contributed by atoms with Gasteiger partial charge in [0.15, 0.2) is 0 Å². The lowest BCUT2D eigenvalue weighted by Crippen LogP contribution is -2.27. The molecule has 0 spiro atoms. The van der Waals surface area contributed by atoms with Crippen molar-refractivity contribution in [2.45, 2.75) is 13.8 Å². The Hall–Kier alpha value is -2.86. The summed E-state index contributed by atoms with van der Waals surface area (Å²) in [5.74, 6) is 0.581. The van der Waals surface area contributed by atoms with Crippen LogP contribution in [-0.2, 0) is 4.74 Å². The van der Waals surface area contributed by atoms with E-state index in [0.717, 1.165) is 0 Å². The lowest BCUT2D eigenvalue weighted by atomic mass is 10.1. The standard InChI is InChI=1S/C21H26N2O4/c1-15(2)14-27-19-9-5-7-17(13-19)21(25)23-18-8-4-6-16(12-18)20(24)22-10-11-26-3/h4-9,12-13,15H,10-11,14H2,1-3H3,(H,22,24)(H,23,25). The Balaban J connectivity index is 2.02. The summed E-state index contributed by atoms with van der Waals surface area (Å²) in [6.07, 6.45) is 0. The Labute approximate surface area is 159 Å². The van der Waals surface area contributed by atoms with E-state index in [1.165, 1.54) is 0 Å². The molecule has 2 rings (SSSR count). The molecule has 0 bridgehead atoms. The molecule has 2 aromatic rings. The molecule has 2 aromatic carbocycles. The molecule has 6 nitrogen and oxygen atoms in total. The minimum atomic E-state index is -0.262. The molecule has 2 amide bonds. The third-order valence-electron chi connectivity index (χ3n) is 3.65. The van der Waals surface area contributed by atoms with Crippen molar-refractivity contribution in [1.29, 1.82) is 0 Å². The number of rotatable bonds is 9. The number of methoxy groups -OCH3 is 1. The summed E-state index contributed by atoms with van der Waals surface area (Å²) in [5, 5.41) is 5.56. The zero-order chi connectivity index (χ0) is 19.6. The number of hydrogen-bond donors (Lipinski definition) is 2. The average molecular weight is 370 g/mol. The minimum absolute atomic E-state index is 0.216. The van der Waals surface area contributed by atoms with Crippen LogP contribution in [0, 0.1) is 5.92 Å². The van der Waals surface area contributed by atoms with E-state index in [4.69, 9.17) is 9.47 Å². The van der Waals surface area contributed by atoms with E-state index in [1.807, 2.05) is 6.07 Å². The van der Waals surface area contributed by atoms with Crippen LogP contribution in [0.5, 0.6) is 5.75 Å². The third-order valence-corrected chi connectivity index (χ3v) is 3.65. The number of nitrogens with one attached hydrogen (secondary N) is 2. The lowest BCUT2D eigenvalue weighted by molar-refractivity contribution is 0.0936. The van der Waals surface area contributed by atoms with Gasteiger partial charge >= 0.3 is 0 Å². The molecular weight excluding hydrogens is 344 g/mol. The third kappa shape index (κ3) is 6.75. The van der Waals surface area contributed by atoms with Crippen LogP contribution in [0.15, 0.2) is 48.5 Å². The highest BCUT2D eigenvalue weighted by Crippen LogP contribution is 2.17. The van der Waals surface area contributed by atoms with Crippen molar-refractivity contribution in [1.82, 2.24) is 5.32 Å². The zero-order valence-electron chi connectivity index (χ0n) is 16.0. The Morgan fingerprint density at radius 1 is 1.00 bits per heavy atom. The fourth-order valence-corrected chi connectivity index (χ4v) is 2.30. The van der Waals surface area contributed by atoms with Crippen molar-refractivity contribution in [2.24, 2.45) is 5.92 Å². The molecule has 0 aliphatic rings.